The number of carboxylic acids is 1. The number of carbonyl (C=O) groups is 2. The number of carbonyl (C=O) groups excluding carboxylic acids is 1. The highest BCUT2D eigenvalue weighted by Crippen LogP contribution is 2.46. The van der Waals surface area contributed by atoms with Gasteiger partial charge in [-0.25, -0.2) is 0 Å². The number of aliphatic carboxylic acids is 1. The van der Waals surface area contributed by atoms with Crippen molar-refractivity contribution in [3.8, 4) is 0 Å². The van der Waals surface area contributed by atoms with E-state index in [0.717, 1.165) is 11.3 Å². The number of hydrogen-bond donors (Lipinski definition) is 1. The first-order valence-corrected chi connectivity index (χ1v) is 5.88. The average molecular weight is 265 g/mol. The zero-order chi connectivity index (χ0) is 13.6. The summed E-state index contributed by atoms with van der Waals surface area (Å²) >= 11 is 0. The molecule has 2 fully saturated rings. The second kappa shape index (κ2) is 4.13. The Morgan fingerprint density at radius 2 is 1.83 bits per heavy atom. The SMILES string of the molecule is O=C(O)C1CCC2(CCC2)N(C(=O)C(F)(F)F)C1. The molecule has 1 atom stereocenters. The standard InChI is InChI=1S/C11H14F3NO3/c12-11(13,14)9(18)15-6-7(8(16)17)2-5-10(15)3-1-4-10/h7H,1-6H2,(H,16,17). The molecule has 1 N–H and O–H groups in total. The molecule has 1 aliphatic heterocycles. The minimum Gasteiger partial charge on any atom is -0.481 e. The van der Waals surface area contributed by atoms with E-state index in [1.54, 1.807) is 0 Å². The van der Waals surface area contributed by atoms with Gasteiger partial charge in [-0.15, -0.1) is 0 Å². The topological polar surface area (TPSA) is 57.6 Å². The fourth-order valence-electron chi connectivity index (χ4n) is 2.84. The molecule has 1 amide bonds. The van der Waals surface area contributed by atoms with Crippen molar-refractivity contribution in [2.75, 3.05) is 6.54 Å². The number of piperidine rings is 1. The van der Waals surface area contributed by atoms with Crippen LogP contribution in [0.3, 0.4) is 0 Å². The molecule has 0 aromatic rings. The van der Waals surface area contributed by atoms with Gasteiger partial charge in [0, 0.05) is 12.1 Å². The first kappa shape index (κ1) is 13.2. The number of carboxylic acid groups (broad SMARTS) is 1. The van der Waals surface area contributed by atoms with Crippen molar-refractivity contribution in [1.82, 2.24) is 4.90 Å². The maximum atomic E-state index is 12.5. The van der Waals surface area contributed by atoms with Gasteiger partial charge >= 0.3 is 18.1 Å². The van der Waals surface area contributed by atoms with Crippen molar-refractivity contribution < 1.29 is 27.9 Å². The van der Waals surface area contributed by atoms with Gasteiger partial charge in [0.05, 0.1) is 5.92 Å². The Morgan fingerprint density at radius 1 is 1.22 bits per heavy atom. The molecule has 7 heteroatoms. The number of nitrogens with zero attached hydrogens (tertiary/aromatic N) is 1. The number of alkyl halides is 3. The maximum Gasteiger partial charge on any atom is 0.471 e. The number of halogens is 3. The predicted octanol–water partition coefficient (Wildman–Crippen LogP) is 1.79. The van der Waals surface area contributed by atoms with E-state index < -0.39 is 29.5 Å². The minimum absolute atomic E-state index is 0.326. The lowest BCUT2D eigenvalue weighted by atomic mass is 9.68. The summed E-state index contributed by atoms with van der Waals surface area (Å²) in [5.74, 6) is -3.92. The molecule has 102 valence electrons. The van der Waals surface area contributed by atoms with Crippen LogP contribution in [0, 0.1) is 5.92 Å². The fourth-order valence-corrected chi connectivity index (χ4v) is 2.84. The van der Waals surface area contributed by atoms with Gasteiger partial charge in [0.2, 0.25) is 0 Å². The molecule has 1 heterocycles. The third-order valence-electron chi connectivity index (χ3n) is 4.05. The zero-order valence-corrected chi connectivity index (χ0v) is 9.66. The lowest BCUT2D eigenvalue weighted by molar-refractivity contribution is -0.200. The van der Waals surface area contributed by atoms with Crippen LogP contribution in [0.25, 0.3) is 0 Å². The third kappa shape index (κ3) is 2.06. The summed E-state index contributed by atoms with van der Waals surface area (Å²) in [6.07, 6.45) is -2.35. The molecule has 1 aliphatic carbocycles. The van der Waals surface area contributed by atoms with Crippen LogP contribution in [0.5, 0.6) is 0 Å². The quantitative estimate of drug-likeness (QED) is 0.786. The second-order valence-electron chi connectivity index (χ2n) is 5.07. The van der Waals surface area contributed by atoms with Gasteiger partial charge in [-0.2, -0.15) is 13.2 Å². The van der Waals surface area contributed by atoms with E-state index in [1.807, 2.05) is 0 Å². The molecule has 1 saturated carbocycles. The smallest absolute Gasteiger partial charge is 0.471 e. The Kier molecular flexibility index (Phi) is 3.03. The van der Waals surface area contributed by atoms with Gasteiger partial charge in [-0.05, 0) is 32.1 Å². The van der Waals surface area contributed by atoms with Crippen molar-refractivity contribution in [2.24, 2.45) is 5.92 Å². The Labute approximate surface area is 102 Å². The second-order valence-corrected chi connectivity index (χ2v) is 5.07. The molecule has 2 aliphatic rings. The highest BCUT2D eigenvalue weighted by atomic mass is 19.4. The van der Waals surface area contributed by atoms with Gasteiger partial charge in [-0.3, -0.25) is 9.59 Å². The Morgan fingerprint density at radius 3 is 2.22 bits per heavy atom. The normalized spacial score (nSPS) is 26.8. The van der Waals surface area contributed by atoms with Crippen LogP contribution in [0.2, 0.25) is 0 Å². The number of likely N-dealkylation sites (tertiary alicyclic amines) is 1. The summed E-state index contributed by atoms with van der Waals surface area (Å²) in [7, 11) is 0. The van der Waals surface area contributed by atoms with Gasteiger partial charge in [0.15, 0.2) is 0 Å². The van der Waals surface area contributed by atoms with Crippen LogP contribution in [-0.2, 0) is 9.59 Å². The summed E-state index contributed by atoms with van der Waals surface area (Å²) in [5, 5.41) is 8.88. The van der Waals surface area contributed by atoms with Crippen molar-refractivity contribution >= 4 is 11.9 Å². The highest BCUT2D eigenvalue weighted by molar-refractivity contribution is 5.83. The average Bonchev–Trinajstić information content (AvgIpc) is 2.23. The molecule has 2 rings (SSSR count). The fraction of sp³-hybridized carbons (Fsp3) is 0.818. The predicted molar refractivity (Wildman–Crippen MR) is 54.7 cm³/mol. The molecule has 0 aromatic carbocycles. The Balaban J connectivity index is 2.21. The zero-order valence-electron chi connectivity index (χ0n) is 9.66. The van der Waals surface area contributed by atoms with Crippen molar-refractivity contribution in [2.45, 2.75) is 43.8 Å². The summed E-state index contributed by atoms with van der Waals surface area (Å²) in [6.45, 7) is -0.326. The van der Waals surface area contributed by atoms with Gasteiger partial charge in [0.1, 0.15) is 0 Å². The monoisotopic (exact) mass is 265 g/mol. The highest BCUT2D eigenvalue weighted by Gasteiger charge is 2.55. The maximum absolute atomic E-state index is 12.5. The van der Waals surface area contributed by atoms with Crippen molar-refractivity contribution in [3.63, 3.8) is 0 Å². The summed E-state index contributed by atoms with van der Waals surface area (Å²) in [5.41, 5.74) is -0.738. The molecule has 0 radical (unpaired) electrons. The van der Waals surface area contributed by atoms with E-state index in [0.29, 0.717) is 25.7 Å². The van der Waals surface area contributed by atoms with Crippen LogP contribution in [0.15, 0.2) is 0 Å². The van der Waals surface area contributed by atoms with E-state index in [4.69, 9.17) is 5.11 Å². The lowest BCUT2D eigenvalue weighted by Gasteiger charge is -2.54. The molecule has 4 nitrogen and oxygen atoms in total. The summed E-state index contributed by atoms with van der Waals surface area (Å²) < 4.78 is 37.6. The van der Waals surface area contributed by atoms with Crippen LogP contribution in [0.1, 0.15) is 32.1 Å². The number of hydrogen-bond acceptors (Lipinski definition) is 2. The van der Waals surface area contributed by atoms with E-state index in [2.05, 4.69) is 0 Å². The van der Waals surface area contributed by atoms with Crippen molar-refractivity contribution in [3.05, 3.63) is 0 Å². The van der Waals surface area contributed by atoms with E-state index >= 15 is 0 Å². The molecule has 0 aromatic heterocycles. The summed E-state index contributed by atoms with van der Waals surface area (Å²) in [4.78, 5) is 23.0. The first-order chi connectivity index (χ1) is 8.26. The van der Waals surface area contributed by atoms with Gasteiger partial charge < -0.3 is 10.0 Å². The molecule has 0 bridgehead atoms. The van der Waals surface area contributed by atoms with Crippen LogP contribution in [-0.4, -0.2) is 40.1 Å². The molecular weight excluding hydrogens is 251 g/mol. The minimum atomic E-state index is -4.93. The Hall–Kier alpha value is -1.27. The number of amides is 1. The molecule has 1 unspecified atom stereocenters. The van der Waals surface area contributed by atoms with E-state index in [9.17, 15) is 22.8 Å². The largest absolute Gasteiger partial charge is 0.481 e. The third-order valence-corrected chi connectivity index (χ3v) is 4.05. The van der Waals surface area contributed by atoms with Crippen molar-refractivity contribution in [1.29, 1.82) is 0 Å². The molecular formula is C11H14F3NO3. The molecule has 1 saturated heterocycles. The van der Waals surface area contributed by atoms with E-state index in [-0.39, 0.29) is 6.54 Å². The van der Waals surface area contributed by atoms with Crippen LogP contribution in [0.4, 0.5) is 13.2 Å². The summed E-state index contributed by atoms with van der Waals surface area (Å²) in [6, 6.07) is 0. The molecule has 18 heavy (non-hydrogen) atoms. The number of rotatable bonds is 1. The van der Waals surface area contributed by atoms with E-state index in [1.165, 1.54) is 0 Å². The first-order valence-electron chi connectivity index (χ1n) is 5.88. The van der Waals surface area contributed by atoms with Crippen LogP contribution < -0.4 is 0 Å². The Bertz CT molecular complexity index is 376. The van der Waals surface area contributed by atoms with Crippen LogP contribution >= 0.6 is 0 Å². The molecule has 1 spiro atoms. The lowest BCUT2D eigenvalue weighted by Crippen LogP contribution is -2.63. The van der Waals surface area contributed by atoms with Gasteiger partial charge in [-0.1, -0.05) is 0 Å². The van der Waals surface area contributed by atoms with Gasteiger partial charge in [0.25, 0.3) is 0 Å².